The summed E-state index contributed by atoms with van der Waals surface area (Å²) in [6, 6.07) is -0.706. The van der Waals surface area contributed by atoms with Gasteiger partial charge in [0.2, 0.25) is 5.91 Å². The van der Waals surface area contributed by atoms with Crippen molar-refractivity contribution >= 4 is 5.91 Å². The summed E-state index contributed by atoms with van der Waals surface area (Å²) in [6.07, 6.45) is 17.2. The first-order chi connectivity index (χ1) is 20.8. The second kappa shape index (κ2) is 26.4. The molecule has 7 unspecified atom stereocenters. The summed E-state index contributed by atoms with van der Waals surface area (Å²) in [5, 5.41) is 53.7. The van der Waals surface area contributed by atoms with Gasteiger partial charge in [-0.15, -0.1) is 0 Å². The predicted molar refractivity (Wildman–Crippen MR) is 171 cm³/mol. The third kappa shape index (κ3) is 18.7. The van der Waals surface area contributed by atoms with Crippen molar-refractivity contribution in [3.63, 3.8) is 0 Å². The van der Waals surface area contributed by atoms with Crippen LogP contribution in [0.25, 0.3) is 0 Å². The highest BCUT2D eigenvalue weighted by molar-refractivity contribution is 5.76. The normalized spacial score (nSPS) is 23.7. The van der Waals surface area contributed by atoms with Crippen molar-refractivity contribution in [1.29, 1.82) is 0 Å². The molecule has 1 heterocycles. The van der Waals surface area contributed by atoms with Gasteiger partial charge in [0.1, 0.15) is 24.4 Å². The van der Waals surface area contributed by atoms with E-state index in [1.165, 1.54) is 77.0 Å². The maximum absolute atomic E-state index is 12.6. The van der Waals surface area contributed by atoms with E-state index in [2.05, 4.69) is 19.2 Å². The Labute approximate surface area is 262 Å². The first kappa shape index (κ1) is 40.2. The summed E-state index contributed by atoms with van der Waals surface area (Å²) in [4.78, 5) is 12.6. The van der Waals surface area contributed by atoms with Crippen molar-refractivity contribution in [2.75, 3.05) is 13.2 Å². The lowest BCUT2D eigenvalue weighted by molar-refractivity contribution is -0.302. The molecule has 7 atom stereocenters. The van der Waals surface area contributed by atoms with Gasteiger partial charge in [-0.1, -0.05) is 136 Å². The fraction of sp³-hybridized carbons (Fsp3) is 0.971. The summed E-state index contributed by atoms with van der Waals surface area (Å²) in [6.45, 7) is 3.72. The predicted octanol–water partition coefficient (Wildman–Crippen LogP) is 5.27. The van der Waals surface area contributed by atoms with Crippen LogP contribution in [0, 0.1) is 0 Å². The topological polar surface area (TPSA) is 149 Å². The summed E-state index contributed by atoms with van der Waals surface area (Å²) >= 11 is 0. The Bertz CT molecular complexity index is 652. The lowest BCUT2D eigenvalue weighted by Gasteiger charge is -2.40. The molecule has 1 aliphatic rings. The van der Waals surface area contributed by atoms with E-state index in [-0.39, 0.29) is 12.5 Å². The molecule has 0 aromatic carbocycles. The van der Waals surface area contributed by atoms with Gasteiger partial charge in [-0.2, -0.15) is 0 Å². The number of hydrogen-bond acceptors (Lipinski definition) is 8. The van der Waals surface area contributed by atoms with Crippen molar-refractivity contribution in [2.45, 2.75) is 198 Å². The molecule has 1 saturated heterocycles. The molecule has 9 nitrogen and oxygen atoms in total. The lowest BCUT2D eigenvalue weighted by atomic mass is 9.99. The molecule has 0 aromatic heterocycles. The van der Waals surface area contributed by atoms with Gasteiger partial charge in [0.05, 0.1) is 25.4 Å². The van der Waals surface area contributed by atoms with E-state index in [1.807, 2.05) is 0 Å². The second-order valence-corrected chi connectivity index (χ2v) is 12.7. The van der Waals surface area contributed by atoms with E-state index in [0.29, 0.717) is 12.8 Å². The van der Waals surface area contributed by atoms with Crippen molar-refractivity contribution < 1.29 is 39.8 Å². The number of unbranched alkanes of at least 4 members (excludes halogenated alkanes) is 18. The van der Waals surface area contributed by atoms with Crippen LogP contribution in [0.15, 0.2) is 0 Å². The van der Waals surface area contributed by atoms with E-state index in [1.54, 1.807) is 0 Å². The standard InChI is InChI=1S/C34H67NO8/c1-3-5-7-9-10-11-12-13-14-15-16-17-18-20-21-23-28(37)27(35-30(38)24-22-19-8-6-4-2)26-42-34-33(41)32(40)31(39)29(25-36)43-34/h27-29,31-34,36-37,39-41H,3-26H2,1-2H3,(H,35,38). The summed E-state index contributed by atoms with van der Waals surface area (Å²) in [5.41, 5.74) is 0. The number of hydrogen-bond donors (Lipinski definition) is 6. The van der Waals surface area contributed by atoms with Crippen molar-refractivity contribution in [1.82, 2.24) is 5.32 Å². The van der Waals surface area contributed by atoms with Gasteiger partial charge < -0.3 is 40.3 Å². The molecule has 0 spiro atoms. The molecule has 9 heteroatoms. The highest BCUT2D eigenvalue weighted by atomic mass is 16.7. The van der Waals surface area contributed by atoms with Gasteiger partial charge >= 0.3 is 0 Å². The summed E-state index contributed by atoms with van der Waals surface area (Å²) < 4.78 is 11.1. The lowest BCUT2D eigenvalue weighted by Crippen LogP contribution is -2.60. The molecule has 6 N–H and O–H groups in total. The Morgan fingerprint density at radius 1 is 0.698 bits per heavy atom. The first-order valence-corrected chi connectivity index (χ1v) is 17.7. The molecule has 1 aliphatic heterocycles. The Morgan fingerprint density at radius 3 is 1.65 bits per heavy atom. The van der Waals surface area contributed by atoms with E-state index < -0.39 is 49.5 Å². The van der Waals surface area contributed by atoms with Crippen LogP contribution >= 0.6 is 0 Å². The Morgan fingerprint density at radius 2 is 1.16 bits per heavy atom. The number of carbonyl (C=O) groups is 1. The van der Waals surface area contributed by atoms with E-state index in [0.717, 1.165) is 51.4 Å². The number of rotatable bonds is 28. The van der Waals surface area contributed by atoms with Gasteiger partial charge in [-0.3, -0.25) is 4.79 Å². The van der Waals surface area contributed by atoms with E-state index in [4.69, 9.17) is 9.47 Å². The largest absolute Gasteiger partial charge is 0.394 e. The van der Waals surface area contributed by atoms with E-state index >= 15 is 0 Å². The molecular formula is C34H67NO8. The van der Waals surface area contributed by atoms with Crippen LogP contribution < -0.4 is 5.32 Å². The van der Waals surface area contributed by atoms with Gasteiger partial charge in [0.15, 0.2) is 6.29 Å². The van der Waals surface area contributed by atoms with Gasteiger partial charge in [0, 0.05) is 6.42 Å². The maximum Gasteiger partial charge on any atom is 0.220 e. The molecule has 43 heavy (non-hydrogen) atoms. The second-order valence-electron chi connectivity index (χ2n) is 12.7. The van der Waals surface area contributed by atoms with Crippen molar-refractivity contribution in [3.05, 3.63) is 0 Å². The van der Waals surface area contributed by atoms with Crippen LogP contribution in [0.2, 0.25) is 0 Å². The smallest absolute Gasteiger partial charge is 0.220 e. The van der Waals surface area contributed by atoms with Crippen LogP contribution in [-0.2, 0) is 14.3 Å². The third-order valence-electron chi connectivity index (χ3n) is 8.71. The average molecular weight is 618 g/mol. The zero-order valence-electron chi connectivity index (χ0n) is 27.5. The van der Waals surface area contributed by atoms with Gasteiger partial charge in [-0.05, 0) is 12.8 Å². The van der Waals surface area contributed by atoms with Crippen LogP contribution in [0.3, 0.4) is 0 Å². The van der Waals surface area contributed by atoms with Crippen LogP contribution in [0.1, 0.15) is 155 Å². The zero-order valence-corrected chi connectivity index (χ0v) is 27.5. The van der Waals surface area contributed by atoms with E-state index in [9.17, 15) is 30.3 Å². The molecule has 0 radical (unpaired) electrons. The monoisotopic (exact) mass is 617 g/mol. The Kier molecular flexibility index (Phi) is 24.7. The van der Waals surface area contributed by atoms with Crippen molar-refractivity contribution in [2.24, 2.45) is 0 Å². The number of carbonyl (C=O) groups excluding carboxylic acids is 1. The summed E-state index contributed by atoms with van der Waals surface area (Å²) in [7, 11) is 0. The Hall–Kier alpha value is -0.810. The number of aliphatic hydroxyl groups is 5. The number of aliphatic hydroxyl groups excluding tert-OH is 5. The zero-order chi connectivity index (χ0) is 31.7. The minimum atomic E-state index is -1.54. The third-order valence-corrected chi connectivity index (χ3v) is 8.71. The highest BCUT2D eigenvalue weighted by Crippen LogP contribution is 2.23. The fourth-order valence-corrected chi connectivity index (χ4v) is 5.75. The number of ether oxygens (including phenoxy) is 2. The number of nitrogens with one attached hydrogen (secondary N) is 1. The van der Waals surface area contributed by atoms with Crippen LogP contribution in [-0.4, -0.2) is 87.5 Å². The molecule has 1 fully saturated rings. The quantitative estimate of drug-likeness (QED) is 0.0651. The van der Waals surface area contributed by atoms with Crippen LogP contribution in [0.5, 0.6) is 0 Å². The average Bonchev–Trinajstić information content (AvgIpc) is 3.00. The molecule has 0 bridgehead atoms. The maximum atomic E-state index is 12.6. The molecular weight excluding hydrogens is 550 g/mol. The molecule has 0 aromatic rings. The SMILES string of the molecule is CCCCCCCCCCCCCCCCCC(O)C(COC1OC(CO)C(O)C(O)C1O)NC(=O)CCCCCCC. The van der Waals surface area contributed by atoms with Gasteiger partial charge in [0.25, 0.3) is 0 Å². The first-order valence-electron chi connectivity index (χ1n) is 17.7. The minimum Gasteiger partial charge on any atom is -0.394 e. The highest BCUT2D eigenvalue weighted by Gasteiger charge is 2.44. The molecule has 1 amide bonds. The number of amides is 1. The molecule has 0 saturated carbocycles. The minimum absolute atomic E-state index is 0.135. The van der Waals surface area contributed by atoms with Crippen LogP contribution in [0.4, 0.5) is 0 Å². The molecule has 0 aliphatic carbocycles. The molecule has 256 valence electrons. The van der Waals surface area contributed by atoms with Crippen molar-refractivity contribution in [3.8, 4) is 0 Å². The summed E-state index contributed by atoms with van der Waals surface area (Å²) in [5.74, 6) is -0.158. The molecule has 1 rings (SSSR count). The van der Waals surface area contributed by atoms with Gasteiger partial charge in [-0.25, -0.2) is 0 Å². The fourth-order valence-electron chi connectivity index (χ4n) is 5.75. The Balaban J connectivity index is 2.37.